The first-order valence-electron chi connectivity index (χ1n) is 10.0. The molecule has 1 amide bonds. The molecule has 0 saturated heterocycles. The number of hydrogen-bond acceptors (Lipinski definition) is 7. The number of carbonyl (C=O) groups excluding carboxylic acids is 1. The molecule has 0 radical (unpaired) electrons. The van der Waals surface area contributed by atoms with E-state index in [2.05, 4.69) is 10.3 Å². The molecule has 0 unspecified atom stereocenters. The standard InChI is InChI=1S/C23H23N3O6/c1-29-18-5-3-15(9-20(18)30-2)7-8-24-22(27)12-26-13-25-17(11-23(26)28)16-4-6-19-21(10-16)32-14-31-19/h3-6,9-11,13H,7-8,12,14H2,1-2H3,(H,24,27). The molecule has 2 aromatic carbocycles. The van der Waals surface area contributed by atoms with Gasteiger partial charge >= 0.3 is 0 Å². The van der Waals surface area contributed by atoms with Gasteiger partial charge in [0.1, 0.15) is 6.54 Å². The number of benzene rings is 2. The highest BCUT2D eigenvalue weighted by Gasteiger charge is 2.15. The van der Waals surface area contributed by atoms with Crippen LogP contribution in [0.15, 0.2) is 53.6 Å². The Morgan fingerprint density at radius 2 is 1.88 bits per heavy atom. The predicted octanol–water partition coefficient (Wildman–Crippen LogP) is 2.02. The Kier molecular flexibility index (Phi) is 6.25. The number of rotatable bonds is 8. The van der Waals surface area contributed by atoms with Gasteiger partial charge in [-0.25, -0.2) is 4.98 Å². The number of aromatic nitrogens is 2. The van der Waals surface area contributed by atoms with Crippen molar-refractivity contribution >= 4 is 5.91 Å². The SMILES string of the molecule is COc1ccc(CCNC(=O)Cn2cnc(-c3ccc4c(c3)OCO4)cc2=O)cc1OC. The first-order valence-corrected chi connectivity index (χ1v) is 10.0. The largest absolute Gasteiger partial charge is 0.493 e. The second kappa shape index (κ2) is 9.42. The predicted molar refractivity (Wildman–Crippen MR) is 116 cm³/mol. The molecule has 166 valence electrons. The van der Waals surface area contributed by atoms with Gasteiger partial charge in [-0.15, -0.1) is 0 Å². The molecule has 0 aliphatic carbocycles. The van der Waals surface area contributed by atoms with Gasteiger partial charge in [0.15, 0.2) is 23.0 Å². The quantitative estimate of drug-likeness (QED) is 0.575. The summed E-state index contributed by atoms with van der Waals surface area (Å²) in [5, 5.41) is 2.82. The van der Waals surface area contributed by atoms with Crippen LogP contribution in [-0.4, -0.2) is 43.0 Å². The van der Waals surface area contributed by atoms with E-state index in [1.165, 1.54) is 17.0 Å². The Balaban J connectivity index is 1.34. The van der Waals surface area contributed by atoms with Crippen molar-refractivity contribution < 1.29 is 23.7 Å². The summed E-state index contributed by atoms with van der Waals surface area (Å²) in [6.07, 6.45) is 1.98. The van der Waals surface area contributed by atoms with Crippen LogP contribution in [0, 0.1) is 0 Å². The normalized spacial score (nSPS) is 11.8. The molecule has 0 saturated carbocycles. The maximum atomic E-state index is 12.5. The summed E-state index contributed by atoms with van der Waals surface area (Å²) in [6.45, 7) is 0.486. The third kappa shape index (κ3) is 4.66. The van der Waals surface area contributed by atoms with E-state index >= 15 is 0 Å². The van der Waals surface area contributed by atoms with E-state index in [9.17, 15) is 9.59 Å². The summed E-state index contributed by atoms with van der Waals surface area (Å²) in [4.78, 5) is 29.1. The van der Waals surface area contributed by atoms with Crippen molar-refractivity contribution in [3.8, 4) is 34.3 Å². The molecule has 1 aromatic heterocycles. The van der Waals surface area contributed by atoms with Gasteiger partial charge in [-0.2, -0.15) is 0 Å². The fraction of sp³-hybridized carbons (Fsp3) is 0.261. The molecule has 0 atom stereocenters. The van der Waals surface area contributed by atoms with Crippen LogP contribution in [0.3, 0.4) is 0 Å². The van der Waals surface area contributed by atoms with Crippen molar-refractivity contribution in [2.45, 2.75) is 13.0 Å². The molecule has 1 aliphatic heterocycles. The van der Waals surface area contributed by atoms with Crippen LogP contribution >= 0.6 is 0 Å². The van der Waals surface area contributed by atoms with Crippen LogP contribution in [0.4, 0.5) is 0 Å². The Morgan fingerprint density at radius 1 is 1.06 bits per heavy atom. The van der Waals surface area contributed by atoms with Crippen LogP contribution in [0.1, 0.15) is 5.56 Å². The van der Waals surface area contributed by atoms with E-state index < -0.39 is 0 Å². The van der Waals surface area contributed by atoms with E-state index in [0.717, 1.165) is 11.1 Å². The van der Waals surface area contributed by atoms with Gasteiger partial charge < -0.3 is 24.3 Å². The van der Waals surface area contributed by atoms with Gasteiger partial charge in [0.25, 0.3) is 5.56 Å². The van der Waals surface area contributed by atoms with Gasteiger partial charge in [0, 0.05) is 18.2 Å². The van der Waals surface area contributed by atoms with E-state index in [1.54, 1.807) is 32.4 Å². The molecule has 1 aliphatic rings. The zero-order valence-electron chi connectivity index (χ0n) is 17.8. The average molecular weight is 437 g/mol. The number of nitrogens with zero attached hydrogens (tertiary/aromatic N) is 2. The molecular weight excluding hydrogens is 414 g/mol. The maximum Gasteiger partial charge on any atom is 0.254 e. The third-order valence-electron chi connectivity index (χ3n) is 5.05. The van der Waals surface area contributed by atoms with Crippen LogP contribution in [0.5, 0.6) is 23.0 Å². The zero-order valence-corrected chi connectivity index (χ0v) is 17.8. The topological polar surface area (TPSA) is 101 Å². The van der Waals surface area contributed by atoms with Crippen LogP contribution < -0.4 is 29.8 Å². The maximum absolute atomic E-state index is 12.5. The van der Waals surface area contributed by atoms with Crippen molar-refractivity contribution in [3.05, 3.63) is 64.7 Å². The number of hydrogen-bond donors (Lipinski definition) is 1. The molecule has 9 heteroatoms. The van der Waals surface area contributed by atoms with Crippen molar-refractivity contribution in [3.63, 3.8) is 0 Å². The first kappa shape index (κ1) is 21.2. The Labute approximate surface area is 184 Å². The summed E-state index contributed by atoms with van der Waals surface area (Å²) >= 11 is 0. The summed E-state index contributed by atoms with van der Waals surface area (Å²) in [5.74, 6) is 2.28. The number of nitrogens with one attached hydrogen (secondary N) is 1. The Morgan fingerprint density at radius 3 is 2.66 bits per heavy atom. The molecule has 4 rings (SSSR count). The zero-order chi connectivity index (χ0) is 22.5. The van der Waals surface area contributed by atoms with E-state index in [0.29, 0.717) is 41.7 Å². The monoisotopic (exact) mass is 437 g/mol. The third-order valence-corrected chi connectivity index (χ3v) is 5.05. The summed E-state index contributed by atoms with van der Waals surface area (Å²) < 4.78 is 22.4. The van der Waals surface area contributed by atoms with E-state index in [4.69, 9.17) is 18.9 Å². The van der Waals surface area contributed by atoms with Crippen molar-refractivity contribution in [1.29, 1.82) is 0 Å². The number of amides is 1. The highest BCUT2D eigenvalue weighted by molar-refractivity contribution is 5.75. The molecule has 0 fully saturated rings. The number of ether oxygens (including phenoxy) is 4. The minimum Gasteiger partial charge on any atom is -0.493 e. The van der Waals surface area contributed by atoms with Crippen molar-refractivity contribution in [1.82, 2.24) is 14.9 Å². The molecule has 9 nitrogen and oxygen atoms in total. The number of methoxy groups -OCH3 is 2. The molecule has 1 N–H and O–H groups in total. The molecule has 0 spiro atoms. The van der Waals surface area contributed by atoms with Crippen molar-refractivity contribution in [2.75, 3.05) is 27.6 Å². The van der Waals surface area contributed by atoms with E-state index in [-0.39, 0.29) is 24.8 Å². The molecule has 0 bridgehead atoms. The van der Waals surface area contributed by atoms with Crippen LogP contribution in [0.25, 0.3) is 11.3 Å². The number of carbonyl (C=O) groups is 1. The highest BCUT2D eigenvalue weighted by Crippen LogP contribution is 2.35. The average Bonchev–Trinajstić information content (AvgIpc) is 3.28. The molecule has 32 heavy (non-hydrogen) atoms. The second-order valence-corrected chi connectivity index (χ2v) is 7.10. The lowest BCUT2D eigenvalue weighted by atomic mass is 10.1. The second-order valence-electron chi connectivity index (χ2n) is 7.10. The van der Waals surface area contributed by atoms with Gasteiger partial charge in [0.05, 0.1) is 26.2 Å². The molecule has 2 heterocycles. The lowest BCUT2D eigenvalue weighted by Gasteiger charge is -2.11. The summed E-state index contributed by atoms with van der Waals surface area (Å²) in [6, 6.07) is 12.4. The number of fused-ring (bicyclic) bond motifs is 1. The van der Waals surface area contributed by atoms with Gasteiger partial charge in [-0.1, -0.05) is 6.07 Å². The van der Waals surface area contributed by atoms with Gasteiger partial charge in [-0.05, 0) is 42.3 Å². The Hall–Kier alpha value is -4.01. The Bertz CT molecular complexity index is 1190. The first-order chi connectivity index (χ1) is 15.6. The smallest absolute Gasteiger partial charge is 0.254 e. The van der Waals surface area contributed by atoms with Gasteiger partial charge in [-0.3, -0.25) is 14.2 Å². The van der Waals surface area contributed by atoms with Crippen molar-refractivity contribution in [2.24, 2.45) is 0 Å². The minimum absolute atomic E-state index is 0.112. The fourth-order valence-corrected chi connectivity index (χ4v) is 3.35. The van der Waals surface area contributed by atoms with Crippen LogP contribution in [-0.2, 0) is 17.8 Å². The van der Waals surface area contributed by atoms with Crippen LogP contribution in [0.2, 0.25) is 0 Å². The lowest BCUT2D eigenvalue weighted by molar-refractivity contribution is -0.121. The summed E-state index contributed by atoms with van der Waals surface area (Å²) in [7, 11) is 3.16. The molecular formula is C23H23N3O6. The lowest BCUT2D eigenvalue weighted by Crippen LogP contribution is -2.33. The fourth-order valence-electron chi connectivity index (χ4n) is 3.35. The minimum atomic E-state index is -0.317. The molecule has 3 aromatic rings. The highest BCUT2D eigenvalue weighted by atomic mass is 16.7. The van der Waals surface area contributed by atoms with Gasteiger partial charge in [0.2, 0.25) is 12.7 Å². The van der Waals surface area contributed by atoms with E-state index in [1.807, 2.05) is 18.2 Å². The summed E-state index contributed by atoms with van der Waals surface area (Å²) in [5.41, 5.74) is 1.91.